The summed E-state index contributed by atoms with van der Waals surface area (Å²) in [5.74, 6) is -0.484. The SMILES string of the molecule is COc1ccc(/C=N\NC(=O)CNc2n[nH]c(=O)[nH]c2=O)cc1O. The third-order valence-electron chi connectivity index (χ3n) is 2.73. The second-order valence-corrected chi connectivity index (χ2v) is 4.43. The van der Waals surface area contributed by atoms with E-state index in [4.69, 9.17) is 4.74 Å². The minimum absolute atomic E-state index is 0.0576. The molecule has 126 valence electrons. The van der Waals surface area contributed by atoms with Crippen LogP contribution in [0.3, 0.4) is 0 Å². The van der Waals surface area contributed by atoms with Gasteiger partial charge in [-0.3, -0.25) is 14.6 Å². The summed E-state index contributed by atoms with van der Waals surface area (Å²) in [6.45, 7) is -0.284. The molecule has 2 rings (SSSR count). The normalized spacial score (nSPS) is 10.5. The minimum Gasteiger partial charge on any atom is -0.504 e. The van der Waals surface area contributed by atoms with Gasteiger partial charge in [-0.15, -0.1) is 5.10 Å². The third kappa shape index (κ3) is 4.43. The Kier molecular flexibility index (Phi) is 5.28. The highest BCUT2D eigenvalue weighted by molar-refractivity contribution is 5.84. The van der Waals surface area contributed by atoms with Crippen molar-refractivity contribution in [2.24, 2.45) is 5.10 Å². The van der Waals surface area contributed by atoms with Crippen molar-refractivity contribution in [3.63, 3.8) is 0 Å². The number of benzene rings is 1. The average Bonchev–Trinajstić information content (AvgIpc) is 2.54. The first-order chi connectivity index (χ1) is 11.5. The maximum absolute atomic E-state index is 11.6. The van der Waals surface area contributed by atoms with Crippen LogP contribution in [0.2, 0.25) is 0 Å². The van der Waals surface area contributed by atoms with Gasteiger partial charge in [-0.2, -0.15) is 5.10 Å². The smallest absolute Gasteiger partial charge is 0.342 e. The van der Waals surface area contributed by atoms with E-state index in [-0.39, 0.29) is 18.1 Å². The van der Waals surface area contributed by atoms with Crippen molar-refractivity contribution >= 4 is 17.9 Å². The van der Waals surface area contributed by atoms with Crippen molar-refractivity contribution in [3.05, 3.63) is 44.6 Å². The molecule has 0 aliphatic rings. The zero-order valence-corrected chi connectivity index (χ0v) is 12.5. The van der Waals surface area contributed by atoms with Crippen LogP contribution in [0.5, 0.6) is 11.5 Å². The van der Waals surface area contributed by atoms with Crippen molar-refractivity contribution < 1.29 is 14.6 Å². The van der Waals surface area contributed by atoms with Gasteiger partial charge in [0.25, 0.3) is 11.5 Å². The van der Waals surface area contributed by atoms with Crippen LogP contribution in [0.1, 0.15) is 5.56 Å². The Labute approximate surface area is 134 Å². The molecule has 0 saturated carbocycles. The fourth-order valence-electron chi connectivity index (χ4n) is 1.64. The predicted molar refractivity (Wildman–Crippen MR) is 84.4 cm³/mol. The number of carbonyl (C=O) groups is 1. The lowest BCUT2D eigenvalue weighted by atomic mass is 10.2. The monoisotopic (exact) mass is 334 g/mol. The first-order valence-electron chi connectivity index (χ1n) is 6.61. The molecular formula is C13H14N6O5. The lowest BCUT2D eigenvalue weighted by Gasteiger charge is -2.04. The molecule has 0 atom stereocenters. The van der Waals surface area contributed by atoms with Crippen molar-refractivity contribution in [2.75, 3.05) is 19.0 Å². The number of methoxy groups -OCH3 is 1. The number of nitrogens with one attached hydrogen (secondary N) is 4. The summed E-state index contributed by atoms with van der Waals surface area (Å²) in [4.78, 5) is 35.7. The van der Waals surface area contributed by atoms with Crippen molar-refractivity contribution in [1.29, 1.82) is 0 Å². The summed E-state index contributed by atoms with van der Waals surface area (Å²) in [6, 6.07) is 4.60. The van der Waals surface area contributed by atoms with E-state index in [0.29, 0.717) is 11.3 Å². The molecule has 0 fully saturated rings. The van der Waals surface area contributed by atoms with Crippen molar-refractivity contribution in [3.8, 4) is 11.5 Å². The average molecular weight is 334 g/mol. The molecular weight excluding hydrogens is 320 g/mol. The number of anilines is 1. The maximum Gasteiger partial charge on any atom is 0.342 e. The highest BCUT2D eigenvalue weighted by Crippen LogP contribution is 2.25. The number of hydrogen-bond acceptors (Lipinski definition) is 8. The zero-order chi connectivity index (χ0) is 17.5. The number of carbonyl (C=O) groups excluding carboxylic acids is 1. The van der Waals surface area contributed by atoms with Gasteiger partial charge in [-0.1, -0.05) is 0 Å². The molecule has 0 saturated heterocycles. The molecule has 1 heterocycles. The topological polar surface area (TPSA) is 162 Å². The van der Waals surface area contributed by atoms with Gasteiger partial charge in [0, 0.05) is 0 Å². The molecule has 24 heavy (non-hydrogen) atoms. The van der Waals surface area contributed by atoms with Crippen LogP contribution in [-0.4, -0.2) is 46.1 Å². The van der Waals surface area contributed by atoms with Crippen molar-refractivity contribution in [2.45, 2.75) is 0 Å². The Morgan fingerprint density at radius 2 is 2.25 bits per heavy atom. The lowest BCUT2D eigenvalue weighted by Crippen LogP contribution is -2.31. The molecule has 1 aromatic carbocycles. The quantitative estimate of drug-likeness (QED) is 0.325. The molecule has 0 unspecified atom stereocenters. The van der Waals surface area contributed by atoms with Gasteiger partial charge in [0.2, 0.25) is 5.82 Å². The van der Waals surface area contributed by atoms with E-state index in [0.717, 1.165) is 0 Å². The van der Waals surface area contributed by atoms with Crippen molar-refractivity contribution in [1.82, 2.24) is 20.6 Å². The Morgan fingerprint density at radius 3 is 2.92 bits per heavy atom. The summed E-state index contributed by atoms with van der Waals surface area (Å²) in [7, 11) is 1.43. The van der Waals surface area contributed by atoms with Crippen LogP contribution < -0.4 is 26.7 Å². The number of aromatic hydroxyl groups is 1. The third-order valence-corrected chi connectivity index (χ3v) is 2.73. The second kappa shape index (κ2) is 7.58. The van der Waals surface area contributed by atoms with E-state index in [1.54, 1.807) is 12.1 Å². The molecule has 5 N–H and O–H groups in total. The number of amides is 1. The molecule has 0 aliphatic heterocycles. The number of phenolic OH excluding ortho intramolecular Hbond substituents is 1. The number of H-pyrrole nitrogens is 2. The van der Waals surface area contributed by atoms with E-state index < -0.39 is 17.2 Å². The maximum atomic E-state index is 11.6. The Balaban J connectivity index is 1.87. The molecule has 0 radical (unpaired) electrons. The van der Waals surface area contributed by atoms with Crippen LogP contribution in [-0.2, 0) is 4.79 Å². The lowest BCUT2D eigenvalue weighted by molar-refractivity contribution is -0.119. The molecule has 1 aromatic heterocycles. The zero-order valence-electron chi connectivity index (χ0n) is 12.5. The summed E-state index contributed by atoms with van der Waals surface area (Å²) in [6.07, 6.45) is 1.32. The van der Waals surface area contributed by atoms with E-state index in [9.17, 15) is 19.5 Å². The summed E-state index contributed by atoms with van der Waals surface area (Å²) in [5.41, 5.74) is 1.27. The Morgan fingerprint density at radius 1 is 1.46 bits per heavy atom. The number of rotatable bonds is 6. The van der Waals surface area contributed by atoms with Gasteiger partial charge in [0.15, 0.2) is 11.5 Å². The highest BCUT2D eigenvalue weighted by Gasteiger charge is 2.05. The summed E-state index contributed by atoms with van der Waals surface area (Å²) in [5, 5.41) is 21.2. The van der Waals surface area contributed by atoms with Crippen LogP contribution in [0.15, 0.2) is 32.9 Å². The number of hydrazone groups is 1. The van der Waals surface area contributed by atoms with E-state index in [2.05, 4.69) is 20.9 Å². The first-order valence-corrected chi connectivity index (χ1v) is 6.61. The van der Waals surface area contributed by atoms with Gasteiger partial charge in [-0.05, 0) is 23.8 Å². The van der Waals surface area contributed by atoms with Crippen LogP contribution in [0.25, 0.3) is 0 Å². The fraction of sp³-hybridized carbons (Fsp3) is 0.154. The van der Waals surface area contributed by atoms with E-state index in [1.165, 1.54) is 19.4 Å². The minimum atomic E-state index is -0.748. The number of hydrogen-bond donors (Lipinski definition) is 5. The van der Waals surface area contributed by atoms with Gasteiger partial charge < -0.3 is 15.2 Å². The van der Waals surface area contributed by atoms with E-state index in [1.807, 2.05) is 10.1 Å². The molecule has 11 nitrogen and oxygen atoms in total. The predicted octanol–water partition coefficient (Wildman–Crippen LogP) is -1.27. The van der Waals surface area contributed by atoms with Gasteiger partial charge in [-0.25, -0.2) is 15.3 Å². The molecule has 0 aliphatic carbocycles. The molecule has 2 aromatic rings. The highest BCUT2D eigenvalue weighted by atomic mass is 16.5. The number of phenols is 1. The largest absolute Gasteiger partial charge is 0.504 e. The molecule has 1 amide bonds. The standard InChI is InChI=1S/C13H14N6O5/c1-24-9-3-2-7(4-8(9)20)5-15-17-10(21)6-14-11-12(22)16-13(23)19-18-11/h2-5,20H,6H2,1H3,(H,14,18)(H,17,21)(H2,16,19,22,23)/b15-5-. The number of ether oxygens (including phenoxy) is 1. The molecule has 0 spiro atoms. The summed E-state index contributed by atoms with van der Waals surface area (Å²) >= 11 is 0. The number of aromatic amines is 2. The number of nitrogens with zero attached hydrogens (tertiary/aromatic N) is 2. The molecule has 11 heteroatoms. The second-order valence-electron chi connectivity index (χ2n) is 4.43. The van der Waals surface area contributed by atoms with Crippen LogP contribution in [0, 0.1) is 0 Å². The summed E-state index contributed by atoms with van der Waals surface area (Å²) < 4.78 is 4.91. The first kappa shape index (κ1) is 16.7. The van der Waals surface area contributed by atoms with Gasteiger partial charge in [0.1, 0.15) is 0 Å². The van der Waals surface area contributed by atoms with Crippen LogP contribution >= 0.6 is 0 Å². The van der Waals surface area contributed by atoms with Gasteiger partial charge in [0.05, 0.1) is 19.9 Å². The Bertz CT molecular complexity index is 872. The Hall–Kier alpha value is -3.63. The van der Waals surface area contributed by atoms with E-state index >= 15 is 0 Å². The van der Waals surface area contributed by atoms with Crippen LogP contribution in [0.4, 0.5) is 5.82 Å². The molecule has 0 bridgehead atoms. The van der Waals surface area contributed by atoms with Gasteiger partial charge >= 0.3 is 5.69 Å². The number of aromatic nitrogens is 3. The fourth-order valence-corrected chi connectivity index (χ4v) is 1.64.